The molecule has 1 aliphatic rings. The van der Waals surface area contributed by atoms with E-state index in [1.807, 2.05) is 25.1 Å². The van der Waals surface area contributed by atoms with Crippen LogP contribution in [-0.2, 0) is 4.79 Å². The topological polar surface area (TPSA) is 32.7 Å². The van der Waals surface area contributed by atoms with Crippen LogP contribution >= 0.6 is 11.8 Å². The summed E-state index contributed by atoms with van der Waals surface area (Å²) in [5, 5.41) is 1.00. The van der Waals surface area contributed by atoms with Crippen LogP contribution in [0.5, 0.6) is 0 Å². The minimum atomic E-state index is 0.0566. The van der Waals surface area contributed by atoms with Gasteiger partial charge in [-0.3, -0.25) is 9.79 Å². The molecule has 0 saturated carbocycles. The molecule has 0 aliphatic carbocycles. The Morgan fingerprint density at radius 1 is 1.56 bits per heavy atom. The van der Waals surface area contributed by atoms with Gasteiger partial charge < -0.3 is 4.90 Å². The molecule has 1 rings (SSSR count). The van der Waals surface area contributed by atoms with Crippen LogP contribution in [-0.4, -0.2) is 35.2 Å². The maximum Gasteiger partial charge on any atom is 0.163 e. The van der Waals surface area contributed by atoms with E-state index in [-0.39, 0.29) is 11.8 Å². The first-order chi connectivity index (χ1) is 7.52. The molecule has 3 nitrogen and oxygen atoms in total. The summed E-state index contributed by atoms with van der Waals surface area (Å²) in [5.74, 6) is 0.145. The van der Waals surface area contributed by atoms with Gasteiger partial charge in [-0.15, -0.1) is 0 Å². The van der Waals surface area contributed by atoms with Crippen LogP contribution in [0.4, 0.5) is 0 Å². The van der Waals surface area contributed by atoms with Gasteiger partial charge in [0.1, 0.15) is 0 Å². The van der Waals surface area contributed by atoms with E-state index < -0.39 is 0 Å². The summed E-state index contributed by atoms with van der Waals surface area (Å²) < 4.78 is 0. The number of aliphatic imine (C=N–C) groups is 1. The first-order valence-electron chi connectivity index (χ1n) is 5.60. The van der Waals surface area contributed by atoms with Crippen molar-refractivity contribution >= 4 is 22.7 Å². The minimum Gasteiger partial charge on any atom is -0.328 e. The standard InChI is InChI=1S/C12H20N2OS/c1-6-7-10-11(9(3)15)8(2)14(4)12(13-10)16-5/h10H,6-7H2,1-5H3/t10-/m0/s1. The summed E-state index contributed by atoms with van der Waals surface area (Å²) in [6.45, 7) is 5.76. The molecule has 0 aromatic heterocycles. The monoisotopic (exact) mass is 240 g/mol. The van der Waals surface area contributed by atoms with Crippen LogP contribution in [0.25, 0.3) is 0 Å². The zero-order valence-electron chi connectivity index (χ0n) is 10.7. The maximum absolute atomic E-state index is 11.7. The summed E-state index contributed by atoms with van der Waals surface area (Å²) in [7, 11) is 1.97. The summed E-state index contributed by atoms with van der Waals surface area (Å²) in [5.41, 5.74) is 1.92. The van der Waals surface area contributed by atoms with Crippen molar-refractivity contribution in [1.82, 2.24) is 4.90 Å². The number of nitrogens with zero attached hydrogens (tertiary/aromatic N) is 2. The first kappa shape index (κ1) is 13.3. The molecular formula is C12H20N2OS. The smallest absolute Gasteiger partial charge is 0.163 e. The Labute approximate surface area is 102 Å². The highest BCUT2D eigenvalue weighted by Gasteiger charge is 2.27. The quantitative estimate of drug-likeness (QED) is 0.760. The molecule has 0 amide bonds. The van der Waals surface area contributed by atoms with Crippen LogP contribution in [0.15, 0.2) is 16.3 Å². The van der Waals surface area contributed by atoms with Gasteiger partial charge in [0, 0.05) is 18.3 Å². The molecular weight excluding hydrogens is 220 g/mol. The van der Waals surface area contributed by atoms with Gasteiger partial charge in [-0.1, -0.05) is 25.1 Å². The van der Waals surface area contributed by atoms with Crippen molar-refractivity contribution in [1.29, 1.82) is 0 Å². The molecule has 0 spiro atoms. The lowest BCUT2D eigenvalue weighted by Crippen LogP contribution is -2.34. The average Bonchev–Trinajstić information content (AvgIpc) is 2.23. The zero-order chi connectivity index (χ0) is 12.3. The molecule has 0 fully saturated rings. The number of thioether (sulfide) groups is 1. The molecule has 1 atom stereocenters. The summed E-state index contributed by atoms with van der Waals surface area (Å²) in [4.78, 5) is 18.3. The highest BCUT2D eigenvalue weighted by molar-refractivity contribution is 8.13. The lowest BCUT2D eigenvalue weighted by atomic mass is 9.96. The Balaban J connectivity index is 3.11. The number of Topliss-reactive ketones (excluding diaryl/α,β-unsaturated/α-hetero) is 1. The number of rotatable bonds is 3. The third kappa shape index (κ3) is 2.48. The Morgan fingerprint density at radius 2 is 2.19 bits per heavy atom. The number of ketones is 1. The molecule has 90 valence electrons. The van der Waals surface area contributed by atoms with Gasteiger partial charge in [0.2, 0.25) is 0 Å². The van der Waals surface area contributed by atoms with Gasteiger partial charge in [-0.2, -0.15) is 0 Å². The predicted molar refractivity (Wildman–Crippen MR) is 70.8 cm³/mol. The predicted octanol–water partition coefficient (Wildman–Crippen LogP) is 2.68. The highest BCUT2D eigenvalue weighted by atomic mass is 32.2. The van der Waals surface area contributed by atoms with Gasteiger partial charge in [0.15, 0.2) is 11.0 Å². The van der Waals surface area contributed by atoms with Crippen molar-refractivity contribution in [3.63, 3.8) is 0 Å². The summed E-state index contributed by atoms with van der Waals surface area (Å²) in [6, 6.07) is 0.0566. The largest absolute Gasteiger partial charge is 0.328 e. The molecule has 1 heterocycles. The molecule has 1 aliphatic heterocycles. The van der Waals surface area contributed by atoms with Crippen molar-refractivity contribution in [3.05, 3.63) is 11.3 Å². The van der Waals surface area contributed by atoms with Crippen LogP contribution in [0.2, 0.25) is 0 Å². The van der Waals surface area contributed by atoms with E-state index >= 15 is 0 Å². The molecule has 0 N–H and O–H groups in total. The number of amidine groups is 1. The Kier molecular flexibility index (Phi) is 4.59. The molecule has 0 aromatic rings. The molecule has 0 bridgehead atoms. The van der Waals surface area contributed by atoms with Crippen LogP contribution in [0.3, 0.4) is 0 Å². The van der Waals surface area contributed by atoms with E-state index in [4.69, 9.17) is 0 Å². The number of carbonyl (C=O) groups excluding carboxylic acids is 1. The van der Waals surface area contributed by atoms with Crippen LogP contribution in [0, 0.1) is 0 Å². The van der Waals surface area contributed by atoms with Crippen molar-refractivity contribution in [2.75, 3.05) is 13.3 Å². The average molecular weight is 240 g/mol. The fourth-order valence-electron chi connectivity index (χ4n) is 2.01. The molecule has 16 heavy (non-hydrogen) atoms. The van der Waals surface area contributed by atoms with Crippen molar-refractivity contribution in [3.8, 4) is 0 Å². The van der Waals surface area contributed by atoms with Crippen LogP contribution < -0.4 is 0 Å². The number of carbonyl (C=O) groups is 1. The normalized spacial score (nSPS) is 21.2. The van der Waals surface area contributed by atoms with Gasteiger partial charge >= 0.3 is 0 Å². The molecule has 0 aromatic carbocycles. The number of allylic oxidation sites excluding steroid dienone is 1. The van der Waals surface area contributed by atoms with E-state index in [1.54, 1.807) is 18.7 Å². The van der Waals surface area contributed by atoms with E-state index in [0.29, 0.717) is 0 Å². The molecule has 4 heteroatoms. The second-order valence-corrected chi connectivity index (χ2v) is 4.81. The van der Waals surface area contributed by atoms with E-state index in [0.717, 1.165) is 29.3 Å². The highest BCUT2D eigenvalue weighted by Crippen LogP contribution is 2.27. The second kappa shape index (κ2) is 5.53. The SMILES string of the molecule is CCC[C@@H]1N=C(SC)N(C)C(C)=C1C(C)=O. The Morgan fingerprint density at radius 3 is 2.62 bits per heavy atom. The Hall–Kier alpha value is -0.770. The summed E-state index contributed by atoms with van der Waals surface area (Å²) >= 11 is 1.63. The van der Waals surface area contributed by atoms with Gasteiger partial charge in [0.05, 0.1) is 6.04 Å². The maximum atomic E-state index is 11.7. The van der Waals surface area contributed by atoms with Gasteiger partial charge in [0.25, 0.3) is 0 Å². The van der Waals surface area contributed by atoms with E-state index in [2.05, 4.69) is 11.9 Å². The molecule has 0 saturated heterocycles. The van der Waals surface area contributed by atoms with Gasteiger partial charge in [-0.05, 0) is 26.5 Å². The molecule has 0 radical (unpaired) electrons. The fraction of sp³-hybridized carbons (Fsp3) is 0.667. The zero-order valence-corrected chi connectivity index (χ0v) is 11.5. The summed E-state index contributed by atoms with van der Waals surface area (Å²) in [6.07, 6.45) is 4.01. The third-order valence-electron chi connectivity index (χ3n) is 2.90. The lowest BCUT2D eigenvalue weighted by Gasteiger charge is -2.31. The number of hydrogen-bond donors (Lipinski definition) is 0. The fourth-order valence-corrected chi connectivity index (χ4v) is 2.65. The van der Waals surface area contributed by atoms with Crippen molar-refractivity contribution in [2.24, 2.45) is 4.99 Å². The van der Waals surface area contributed by atoms with Crippen molar-refractivity contribution < 1.29 is 4.79 Å². The second-order valence-electron chi connectivity index (χ2n) is 4.03. The number of hydrogen-bond acceptors (Lipinski definition) is 4. The first-order valence-corrected chi connectivity index (χ1v) is 6.82. The van der Waals surface area contributed by atoms with Crippen LogP contribution in [0.1, 0.15) is 33.6 Å². The third-order valence-corrected chi connectivity index (χ3v) is 3.65. The Bertz CT molecular complexity index is 347. The van der Waals surface area contributed by atoms with E-state index in [1.165, 1.54) is 0 Å². The lowest BCUT2D eigenvalue weighted by molar-refractivity contribution is -0.114. The molecule has 0 unspecified atom stereocenters. The van der Waals surface area contributed by atoms with Crippen molar-refractivity contribution in [2.45, 2.75) is 39.7 Å². The minimum absolute atomic E-state index is 0.0566. The van der Waals surface area contributed by atoms with Gasteiger partial charge in [-0.25, -0.2) is 0 Å². The van der Waals surface area contributed by atoms with E-state index in [9.17, 15) is 4.79 Å².